The molecule has 3 rings (SSSR count). The highest BCUT2D eigenvalue weighted by molar-refractivity contribution is 5.80. The molecule has 0 bridgehead atoms. The summed E-state index contributed by atoms with van der Waals surface area (Å²) in [6, 6.07) is 17.0. The van der Waals surface area contributed by atoms with Crippen molar-refractivity contribution in [2.75, 3.05) is 13.7 Å². The molecule has 0 atom stereocenters. The van der Waals surface area contributed by atoms with Gasteiger partial charge in [-0.05, 0) is 12.1 Å². The molecule has 21 heavy (non-hydrogen) atoms. The van der Waals surface area contributed by atoms with Crippen LogP contribution in [0, 0.1) is 0 Å². The number of rotatable bonds is 4. The molecular weight excluding hydrogens is 264 g/mol. The Bertz CT molecular complexity index is 804. The first-order chi connectivity index (χ1) is 10.3. The van der Waals surface area contributed by atoms with Crippen LogP contribution in [0.5, 0.6) is 0 Å². The lowest BCUT2D eigenvalue weighted by atomic mass is 10.0. The van der Waals surface area contributed by atoms with Gasteiger partial charge in [-0.1, -0.05) is 42.5 Å². The molecule has 0 saturated carbocycles. The fourth-order valence-electron chi connectivity index (χ4n) is 2.43. The Kier molecular flexibility index (Phi) is 3.84. The molecule has 0 radical (unpaired) electrons. The van der Waals surface area contributed by atoms with E-state index in [9.17, 15) is 4.79 Å². The second-order valence-corrected chi connectivity index (χ2v) is 4.84. The molecule has 2 aromatic carbocycles. The highest BCUT2D eigenvalue weighted by Crippen LogP contribution is 2.26. The minimum atomic E-state index is 0.0211. The summed E-state index contributed by atoms with van der Waals surface area (Å²) in [5.74, 6) is 0.636. The molecule has 0 aliphatic carbocycles. The van der Waals surface area contributed by atoms with Crippen LogP contribution in [0.4, 0.5) is 0 Å². The van der Waals surface area contributed by atoms with E-state index in [0.717, 1.165) is 5.56 Å². The van der Waals surface area contributed by atoms with Crippen LogP contribution in [0.3, 0.4) is 0 Å². The number of fused-ring (bicyclic) bond motifs is 1. The van der Waals surface area contributed by atoms with E-state index in [-0.39, 0.29) is 5.43 Å². The molecule has 3 aromatic rings. The third-order valence-electron chi connectivity index (χ3n) is 3.48. The maximum Gasteiger partial charge on any atom is 0.196 e. The molecule has 1 heterocycles. The third kappa shape index (κ3) is 2.60. The molecule has 3 heteroatoms. The molecule has 0 N–H and O–H groups in total. The quantitative estimate of drug-likeness (QED) is 0.732. The molecule has 1 aromatic heterocycles. The van der Waals surface area contributed by atoms with Crippen molar-refractivity contribution in [1.82, 2.24) is 0 Å². The average Bonchev–Trinajstić information content (AvgIpc) is 2.55. The Morgan fingerprint density at radius 3 is 2.48 bits per heavy atom. The second-order valence-electron chi connectivity index (χ2n) is 4.84. The first-order valence-electron chi connectivity index (χ1n) is 6.90. The number of hydrogen-bond acceptors (Lipinski definition) is 3. The lowest BCUT2D eigenvalue weighted by Crippen LogP contribution is -2.13. The van der Waals surface area contributed by atoms with E-state index in [1.807, 2.05) is 48.5 Å². The standard InChI is InChI=1S/C18H16O3/c1-20-12-11-15-17(19)14-9-5-6-10-16(14)21-18(15)13-7-3-2-4-8-13/h2-10H,11-12H2,1H3. The van der Waals surface area contributed by atoms with Gasteiger partial charge in [-0.15, -0.1) is 0 Å². The van der Waals surface area contributed by atoms with Crippen molar-refractivity contribution < 1.29 is 9.15 Å². The van der Waals surface area contributed by atoms with Crippen molar-refractivity contribution in [1.29, 1.82) is 0 Å². The van der Waals surface area contributed by atoms with Gasteiger partial charge in [0.25, 0.3) is 0 Å². The molecule has 106 valence electrons. The van der Waals surface area contributed by atoms with E-state index in [1.165, 1.54) is 0 Å². The van der Waals surface area contributed by atoms with Crippen molar-refractivity contribution >= 4 is 11.0 Å². The maximum atomic E-state index is 12.7. The zero-order chi connectivity index (χ0) is 14.7. The predicted octanol–water partition coefficient (Wildman–Crippen LogP) is 3.65. The van der Waals surface area contributed by atoms with Crippen LogP contribution in [-0.2, 0) is 11.2 Å². The van der Waals surface area contributed by atoms with E-state index >= 15 is 0 Å². The number of ether oxygens (including phenoxy) is 1. The topological polar surface area (TPSA) is 39.4 Å². The summed E-state index contributed by atoms with van der Waals surface area (Å²) >= 11 is 0. The summed E-state index contributed by atoms with van der Waals surface area (Å²) in [6.45, 7) is 0.489. The Balaban J connectivity index is 2.28. The van der Waals surface area contributed by atoms with Gasteiger partial charge < -0.3 is 9.15 Å². The average molecular weight is 280 g/mol. The summed E-state index contributed by atoms with van der Waals surface area (Å²) in [5.41, 5.74) is 2.21. The minimum Gasteiger partial charge on any atom is -0.456 e. The Morgan fingerprint density at radius 1 is 1.00 bits per heavy atom. The SMILES string of the molecule is COCCc1c(-c2ccccc2)oc2ccccc2c1=O. The monoisotopic (exact) mass is 280 g/mol. The molecule has 3 nitrogen and oxygen atoms in total. The van der Waals surface area contributed by atoms with Crippen LogP contribution < -0.4 is 5.43 Å². The molecule has 0 unspecified atom stereocenters. The molecule has 0 fully saturated rings. The van der Waals surface area contributed by atoms with Gasteiger partial charge in [0.1, 0.15) is 11.3 Å². The van der Waals surface area contributed by atoms with Crippen molar-refractivity contribution in [3.8, 4) is 11.3 Å². The maximum absolute atomic E-state index is 12.7. The lowest BCUT2D eigenvalue weighted by molar-refractivity contribution is 0.202. The Hall–Kier alpha value is -2.39. The largest absolute Gasteiger partial charge is 0.456 e. The van der Waals surface area contributed by atoms with Crippen molar-refractivity contribution in [3.05, 3.63) is 70.4 Å². The van der Waals surface area contributed by atoms with Crippen LogP contribution in [-0.4, -0.2) is 13.7 Å². The van der Waals surface area contributed by atoms with E-state index in [1.54, 1.807) is 13.2 Å². The van der Waals surface area contributed by atoms with E-state index in [4.69, 9.17) is 9.15 Å². The summed E-state index contributed by atoms with van der Waals surface area (Å²) in [7, 11) is 1.63. The predicted molar refractivity (Wildman–Crippen MR) is 83.5 cm³/mol. The van der Waals surface area contributed by atoms with Crippen molar-refractivity contribution in [3.63, 3.8) is 0 Å². The Morgan fingerprint density at radius 2 is 1.71 bits per heavy atom. The molecule has 0 saturated heterocycles. The van der Waals surface area contributed by atoms with Crippen molar-refractivity contribution in [2.45, 2.75) is 6.42 Å². The summed E-state index contributed by atoms with van der Waals surface area (Å²) < 4.78 is 11.1. The zero-order valence-corrected chi connectivity index (χ0v) is 11.8. The van der Waals surface area contributed by atoms with Crippen LogP contribution in [0.1, 0.15) is 5.56 Å². The smallest absolute Gasteiger partial charge is 0.196 e. The number of hydrogen-bond donors (Lipinski definition) is 0. The number of para-hydroxylation sites is 1. The van der Waals surface area contributed by atoms with E-state index in [0.29, 0.717) is 35.3 Å². The second kappa shape index (κ2) is 5.94. The van der Waals surface area contributed by atoms with Gasteiger partial charge in [0.15, 0.2) is 5.43 Å². The molecular formula is C18H16O3. The summed E-state index contributed by atoms with van der Waals surface area (Å²) in [5, 5.41) is 0.614. The molecule has 0 aliphatic heterocycles. The normalized spacial score (nSPS) is 10.9. The zero-order valence-electron chi connectivity index (χ0n) is 11.8. The summed E-state index contributed by atoms with van der Waals surface area (Å²) in [4.78, 5) is 12.7. The van der Waals surface area contributed by atoms with Gasteiger partial charge >= 0.3 is 0 Å². The third-order valence-corrected chi connectivity index (χ3v) is 3.48. The lowest BCUT2D eigenvalue weighted by Gasteiger charge is -2.09. The molecule has 0 aliphatic rings. The highest BCUT2D eigenvalue weighted by atomic mass is 16.5. The van der Waals surface area contributed by atoms with Gasteiger partial charge in [0.05, 0.1) is 12.0 Å². The summed E-state index contributed by atoms with van der Waals surface area (Å²) in [6.07, 6.45) is 0.536. The van der Waals surface area contributed by atoms with Gasteiger partial charge in [0.2, 0.25) is 0 Å². The van der Waals surface area contributed by atoms with Crippen LogP contribution >= 0.6 is 0 Å². The Labute approximate surface area is 122 Å². The van der Waals surface area contributed by atoms with Gasteiger partial charge in [-0.3, -0.25) is 4.79 Å². The van der Waals surface area contributed by atoms with Crippen LogP contribution in [0.25, 0.3) is 22.3 Å². The van der Waals surface area contributed by atoms with E-state index in [2.05, 4.69) is 0 Å². The van der Waals surface area contributed by atoms with Gasteiger partial charge in [0, 0.05) is 24.7 Å². The highest BCUT2D eigenvalue weighted by Gasteiger charge is 2.15. The molecule has 0 spiro atoms. The van der Waals surface area contributed by atoms with Crippen molar-refractivity contribution in [2.24, 2.45) is 0 Å². The van der Waals surface area contributed by atoms with Crippen LogP contribution in [0.15, 0.2) is 63.8 Å². The number of methoxy groups -OCH3 is 1. The molecule has 0 amide bonds. The van der Waals surface area contributed by atoms with Crippen LogP contribution in [0.2, 0.25) is 0 Å². The first kappa shape index (κ1) is 13.6. The van der Waals surface area contributed by atoms with E-state index < -0.39 is 0 Å². The first-order valence-corrected chi connectivity index (χ1v) is 6.90. The van der Waals surface area contributed by atoms with Gasteiger partial charge in [-0.2, -0.15) is 0 Å². The minimum absolute atomic E-state index is 0.0211. The van der Waals surface area contributed by atoms with Gasteiger partial charge in [-0.25, -0.2) is 0 Å². The number of benzene rings is 2. The fourth-order valence-corrected chi connectivity index (χ4v) is 2.43. The fraction of sp³-hybridized carbons (Fsp3) is 0.167.